The van der Waals surface area contributed by atoms with Gasteiger partial charge in [-0.25, -0.2) is 4.98 Å². The maximum absolute atomic E-state index is 12.2. The molecule has 5 nitrogen and oxygen atoms in total. The summed E-state index contributed by atoms with van der Waals surface area (Å²) >= 11 is 3.07. The van der Waals surface area contributed by atoms with Crippen LogP contribution in [-0.4, -0.2) is 26.1 Å². The van der Waals surface area contributed by atoms with Crippen LogP contribution in [0.3, 0.4) is 0 Å². The number of ketones is 1. The number of carbonyl (C=O) groups excluding carboxylic acids is 1. The molecule has 3 heterocycles. The van der Waals surface area contributed by atoms with Gasteiger partial charge < -0.3 is 5.11 Å². The van der Waals surface area contributed by atoms with Gasteiger partial charge >= 0.3 is 0 Å². The third-order valence-corrected chi connectivity index (χ3v) is 4.27. The largest absolute Gasteiger partial charge is 0.504 e. The normalized spacial score (nSPS) is 11.7. The zero-order chi connectivity index (χ0) is 13.9. The molecule has 100 valence electrons. The van der Waals surface area contributed by atoms with Crippen molar-refractivity contribution in [3.8, 4) is 10.4 Å². The van der Waals surface area contributed by atoms with Gasteiger partial charge in [0.1, 0.15) is 6.33 Å². The van der Waals surface area contributed by atoms with Gasteiger partial charge in [0.05, 0.1) is 0 Å². The molecule has 0 bridgehead atoms. The highest BCUT2D eigenvalue weighted by Gasteiger charge is 2.15. The Balaban J connectivity index is 1.93. The van der Waals surface area contributed by atoms with Crippen LogP contribution in [0.5, 0.6) is 0 Å². The maximum Gasteiger partial charge on any atom is 0.215 e. The Morgan fingerprint density at radius 2 is 2.25 bits per heavy atom. The van der Waals surface area contributed by atoms with E-state index in [0.717, 1.165) is 16.5 Å². The Kier molecular flexibility index (Phi) is 3.44. The second-order valence-electron chi connectivity index (χ2n) is 3.89. The smallest absolute Gasteiger partial charge is 0.215 e. The lowest BCUT2D eigenvalue weighted by molar-refractivity contribution is 0.104. The molecule has 7 heteroatoms. The lowest BCUT2D eigenvalue weighted by atomic mass is 10.1. The molecular formula is C13H9N3O2S2. The van der Waals surface area contributed by atoms with Crippen molar-refractivity contribution in [1.29, 1.82) is 0 Å². The van der Waals surface area contributed by atoms with Gasteiger partial charge in [0, 0.05) is 22.1 Å². The Morgan fingerprint density at radius 1 is 1.35 bits per heavy atom. The van der Waals surface area contributed by atoms with Crippen molar-refractivity contribution < 1.29 is 9.90 Å². The monoisotopic (exact) mass is 303 g/mol. The van der Waals surface area contributed by atoms with Crippen molar-refractivity contribution in [2.75, 3.05) is 0 Å². The summed E-state index contributed by atoms with van der Waals surface area (Å²) in [5.74, 6) is -0.417. The quantitative estimate of drug-likeness (QED) is 0.440. The number of aromatic nitrogens is 3. The molecule has 0 atom stereocenters. The van der Waals surface area contributed by atoms with E-state index in [1.165, 1.54) is 17.7 Å². The van der Waals surface area contributed by atoms with Gasteiger partial charge in [0.25, 0.3) is 0 Å². The zero-order valence-electron chi connectivity index (χ0n) is 10.1. The average Bonchev–Trinajstić information content (AvgIpc) is 3.19. The van der Waals surface area contributed by atoms with Gasteiger partial charge in [-0.1, -0.05) is 0 Å². The minimum Gasteiger partial charge on any atom is -0.504 e. The second kappa shape index (κ2) is 5.40. The number of aromatic amines is 1. The highest BCUT2D eigenvalue weighted by Crippen LogP contribution is 2.31. The Morgan fingerprint density at radius 3 is 2.95 bits per heavy atom. The first-order valence-electron chi connectivity index (χ1n) is 5.67. The number of aliphatic hydroxyl groups is 1. The fourth-order valence-electron chi connectivity index (χ4n) is 1.72. The van der Waals surface area contributed by atoms with Gasteiger partial charge in [-0.2, -0.15) is 16.4 Å². The summed E-state index contributed by atoms with van der Waals surface area (Å²) in [6, 6.07) is 3.72. The van der Waals surface area contributed by atoms with Crippen LogP contribution in [0.4, 0.5) is 0 Å². The first kappa shape index (κ1) is 12.8. The van der Waals surface area contributed by atoms with E-state index < -0.39 is 0 Å². The maximum atomic E-state index is 12.2. The van der Waals surface area contributed by atoms with E-state index >= 15 is 0 Å². The Hall–Kier alpha value is -2.25. The summed E-state index contributed by atoms with van der Waals surface area (Å²) in [7, 11) is 0. The van der Waals surface area contributed by atoms with E-state index in [-0.39, 0.29) is 17.4 Å². The highest BCUT2D eigenvalue weighted by atomic mass is 32.1. The van der Waals surface area contributed by atoms with Crippen molar-refractivity contribution >= 4 is 34.2 Å². The van der Waals surface area contributed by atoms with Crippen LogP contribution >= 0.6 is 22.7 Å². The van der Waals surface area contributed by atoms with Crippen molar-refractivity contribution in [2.45, 2.75) is 0 Å². The van der Waals surface area contributed by atoms with Crippen LogP contribution < -0.4 is 0 Å². The second-order valence-corrected chi connectivity index (χ2v) is 5.59. The molecule has 0 unspecified atom stereocenters. The fourth-order valence-corrected chi connectivity index (χ4v) is 3.34. The predicted octanol–water partition coefficient (Wildman–Crippen LogP) is 3.38. The summed E-state index contributed by atoms with van der Waals surface area (Å²) in [5.41, 5.74) is 1.58. The molecule has 0 saturated carbocycles. The highest BCUT2D eigenvalue weighted by molar-refractivity contribution is 7.14. The van der Waals surface area contributed by atoms with Crippen LogP contribution in [0.15, 0.2) is 40.7 Å². The first-order chi connectivity index (χ1) is 9.75. The standard InChI is InChI=1S/C13H9N3O2S2/c17-10(5-11(18)13-14-7-15-16-13)9-2-4-20-12(9)8-1-3-19-6-8/h1-7,18H,(H,14,15,16). The molecular weight excluding hydrogens is 294 g/mol. The zero-order valence-corrected chi connectivity index (χ0v) is 11.7. The third-order valence-electron chi connectivity index (χ3n) is 2.63. The van der Waals surface area contributed by atoms with Crippen LogP contribution in [-0.2, 0) is 0 Å². The minimum absolute atomic E-state index is 0.102. The summed E-state index contributed by atoms with van der Waals surface area (Å²) in [5, 5.41) is 21.8. The van der Waals surface area contributed by atoms with Gasteiger partial charge in [0.15, 0.2) is 11.5 Å². The molecule has 0 saturated heterocycles. The van der Waals surface area contributed by atoms with E-state index in [1.807, 2.05) is 22.2 Å². The van der Waals surface area contributed by atoms with Crippen molar-refractivity contribution in [2.24, 2.45) is 0 Å². The molecule has 0 radical (unpaired) electrons. The SMILES string of the molecule is O=C(C=C(O)c1nc[nH]n1)c1ccsc1-c1ccsc1. The molecule has 20 heavy (non-hydrogen) atoms. The van der Waals surface area contributed by atoms with Crippen LogP contribution in [0, 0.1) is 0 Å². The number of hydrogen-bond acceptors (Lipinski definition) is 6. The van der Waals surface area contributed by atoms with E-state index in [0.29, 0.717) is 5.56 Å². The van der Waals surface area contributed by atoms with Crippen molar-refractivity contribution in [3.05, 3.63) is 52.1 Å². The lowest BCUT2D eigenvalue weighted by Crippen LogP contribution is -1.97. The van der Waals surface area contributed by atoms with E-state index in [2.05, 4.69) is 15.2 Å². The summed E-state index contributed by atoms with van der Waals surface area (Å²) in [6.45, 7) is 0. The van der Waals surface area contributed by atoms with Gasteiger partial charge in [-0.05, 0) is 28.3 Å². The third kappa shape index (κ3) is 2.40. The Labute approximate surface area is 122 Å². The number of aliphatic hydroxyl groups excluding tert-OH is 1. The molecule has 3 rings (SSSR count). The lowest BCUT2D eigenvalue weighted by Gasteiger charge is -1.98. The van der Waals surface area contributed by atoms with Crippen LogP contribution in [0.25, 0.3) is 16.2 Å². The topological polar surface area (TPSA) is 78.9 Å². The summed E-state index contributed by atoms with van der Waals surface area (Å²) in [4.78, 5) is 16.9. The molecule has 0 aromatic carbocycles. The average molecular weight is 303 g/mol. The van der Waals surface area contributed by atoms with Gasteiger partial charge in [0.2, 0.25) is 5.82 Å². The molecule has 0 aliphatic rings. The van der Waals surface area contributed by atoms with Gasteiger partial charge in [-0.15, -0.1) is 11.3 Å². The summed E-state index contributed by atoms with van der Waals surface area (Å²) < 4.78 is 0. The number of hydrogen-bond donors (Lipinski definition) is 2. The number of carbonyl (C=O) groups is 1. The molecule has 0 amide bonds. The number of nitrogens with one attached hydrogen (secondary N) is 1. The first-order valence-corrected chi connectivity index (χ1v) is 7.49. The van der Waals surface area contributed by atoms with Crippen molar-refractivity contribution in [1.82, 2.24) is 15.2 Å². The predicted molar refractivity (Wildman–Crippen MR) is 79.0 cm³/mol. The molecule has 3 aromatic heterocycles. The number of thiophene rings is 2. The Bertz CT molecular complexity index is 743. The number of H-pyrrole nitrogens is 1. The molecule has 0 aliphatic heterocycles. The van der Waals surface area contributed by atoms with E-state index in [1.54, 1.807) is 17.4 Å². The van der Waals surface area contributed by atoms with E-state index in [9.17, 15) is 9.90 Å². The van der Waals surface area contributed by atoms with Crippen molar-refractivity contribution in [3.63, 3.8) is 0 Å². The molecule has 2 N–H and O–H groups in total. The molecule has 0 fully saturated rings. The van der Waals surface area contributed by atoms with Crippen LogP contribution in [0.1, 0.15) is 16.2 Å². The van der Waals surface area contributed by atoms with Gasteiger partial charge in [-0.3, -0.25) is 9.89 Å². The summed E-state index contributed by atoms with van der Waals surface area (Å²) in [6.07, 6.45) is 2.48. The number of nitrogens with zero attached hydrogens (tertiary/aromatic N) is 2. The van der Waals surface area contributed by atoms with Crippen LogP contribution in [0.2, 0.25) is 0 Å². The molecule has 0 aliphatic carbocycles. The fraction of sp³-hybridized carbons (Fsp3) is 0. The number of allylic oxidation sites excluding steroid dienone is 1. The number of rotatable bonds is 4. The minimum atomic E-state index is -0.269. The molecule has 0 spiro atoms. The molecule has 3 aromatic rings. The van der Waals surface area contributed by atoms with E-state index in [4.69, 9.17) is 0 Å².